The van der Waals surface area contributed by atoms with Crippen LogP contribution in [0, 0.1) is 5.92 Å². The van der Waals surface area contributed by atoms with Crippen LogP contribution in [0.1, 0.15) is 153 Å². The highest BCUT2D eigenvalue weighted by Crippen LogP contribution is 2.28. The maximum absolute atomic E-state index is 15.3. The number of H-pyrrole nitrogens is 1. The first kappa shape index (κ1) is 86.7. The quantitative estimate of drug-likeness (QED) is 0.0285. The number of ether oxygens (including phenoxy) is 1. The summed E-state index contributed by atoms with van der Waals surface area (Å²) in [4.78, 5) is 216. The number of carboxylic acids is 2. The lowest BCUT2D eigenvalue weighted by Crippen LogP contribution is -2.78. The molecule has 0 spiro atoms. The second-order valence-electron chi connectivity index (χ2n) is 27.0. The van der Waals surface area contributed by atoms with Crippen molar-refractivity contribution in [2.45, 2.75) is 215 Å². The van der Waals surface area contributed by atoms with Crippen LogP contribution in [-0.4, -0.2) is 203 Å². The second kappa shape index (κ2) is 44.2. The zero-order valence-corrected chi connectivity index (χ0v) is 62.6. The molecule has 6 rings (SSSR count). The Hall–Kier alpha value is -10.2. The molecular formula is C71H102N17O18S2-. The number of amides is 13. The number of hydrogen-bond donors (Lipinski definition) is 16. The molecule has 592 valence electrons. The summed E-state index contributed by atoms with van der Waals surface area (Å²) in [6.07, 6.45) is 1.47. The van der Waals surface area contributed by atoms with Gasteiger partial charge in [-0.15, -0.1) is 0 Å². The third-order valence-electron chi connectivity index (χ3n) is 18.5. The summed E-state index contributed by atoms with van der Waals surface area (Å²) in [6, 6.07) is -3.40. The molecule has 13 amide bonds. The third kappa shape index (κ3) is 28.5. The van der Waals surface area contributed by atoms with E-state index < -0.39 is 194 Å². The molecule has 0 unspecified atom stereocenters. The molecule has 2 aromatic carbocycles. The number of thioether (sulfide) groups is 2. The van der Waals surface area contributed by atoms with Gasteiger partial charge in [-0.2, -0.15) is 23.5 Å². The molecule has 1 fully saturated rings. The van der Waals surface area contributed by atoms with Gasteiger partial charge in [0.25, 0.3) is 0 Å². The smallest absolute Gasteiger partial charge is 0.338 e. The fraction of sp³-hybridized carbons (Fsp3) is 0.577. The molecular weight excluding hydrogens is 1440 g/mol. The monoisotopic (exact) mass is 1540 g/mol. The summed E-state index contributed by atoms with van der Waals surface area (Å²) in [7, 11) is 0. The zero-order valence-electron chi connectivity index (χ0n) is 61.0. The first-order valence-electron chi connectivity index (χ1n) is 36.4. The van der Waals surface area contributed by atoms with E-state index in [2.05, 4.69) is 63.1 Å². The summed E-state index contributed by atoms with van der Waals surface area (Å²) < 4.78 is 6.28. The van der Waals surface area contributed by atoms with Crippen LogP contribution in [0.4, 0.5) is 0 Å². The van der Waals surface area contributed by atoms with Crippen molar-refractivity contribution in [2.75, 3.05) is 37.7 Å². The van der Waals surface area contributed by atoms with Crippen molar-refractivity contribution in [1.82, 2.24) is 63.1 Å². The summed E-state index contributed by atoms with van der Waals surface area (Å²) in [5, 5.41) is 50.9. The van der Waals surface area contributed by atoms with E-state index in [1.165, 1.54) is 16.7 Å². The van der Waals surface area contributed by atoms with E-state index in [1.807, 2.05) is 6.07 Å². The average molecular weight is 1550 g/mol. The summed E-state index contributed by atoms with van der Waals surface area (Å²) >= 11 is 2.35. The molecule has 0 aliphatic carbocycles. The number of aromatic nitrogens is 1. The maximum Gasteiger partial charge on any atom is 0.338 e. The van der Waals surface area contributed by atoms with Crippen molar-refractivity contribution < 1.29 is 91.9 Å². The van der Waals surface area contributed by atoms with Gasteiger partial charge in [0.2, 0.25) is 76.8 Å². The number of nitrogens with two attached hydrogens (primary N) is 4. The maximum atomic E-state index is 15.3. The Kier molecular flexibility index (Phi) is 35.5. The molecule has 35 nitrogen and oxygen atoms in total. The van der Waals surface area contributed by atoms with Gasteiger partial charge in [0, 0.05) is 84.3 Å². The van der Waals surface area contributed by atoms with Gasteiger partial charge in [-0.3, -0.25) is 78.8 Å². The molecule has 108 heavy (non-hydrogen) atoms. The van der Waals surface area contributed by atoms with E-state index in [1.54, 1.807) is 63.4 Å². The third-order valence-corrected chi connectivity index (χ3v) is 20.7. The number of unbranched alkanes of at least 4 members (excludes halogenated alkanes) is 1. The minimum Gasteiger partial charge on any atom is -0.550 e. The molecule has 4 bridgehead atoms. The fourth-order valence-corrected chi connectivity index (χ4v) is 14.4. The molecule has 1 aromatic heterocycles. The molecule has 37 heteroatoms. The van der Waals surface area contributed by atoms with Gasteiger partial charge in [0.05, 0.1) is 19.7 Å². The highest BCUT2D eigenvalue weighted by atomic mass is 32.2. The number of carboxylic acid groups (broad SMARTS) is 2. The van der Waals surface area contributed by atoms with Gasteiger partial charge < -0.3 is 99.1 Å². The number of carbonyl (C=O) groups is 15. The first-order valence-corrected chi connectivity index (χ1v) is 38.7. The first-order chi connectivity index (χ1) is 51.5. The predicted molar refractivity (Wildman–Crippen MR) is 393 cm³/mol. The van der Waals surface area contributed by atoms with E-state index in [-0.39, 0.29) is 100 Å². The normalized spacial score (nSPS) is 24.2. The van der Waals surface area contributed by atoms with Crippen molar-refractivity contribution in [3.8, 4) is 5.75 Å². The average Bonchev–Trinajstić information content (AvgIpc) is 1.65. The van der Waals surface area contributed by atoms with Crippen molar-refractivity contribution in [2.24, 2.45) is 28.9 Å². The molecule has 4 heterocycles. The van der Waals surface area contributed by atoms with Crippen LogP contribution >= 0.6 is 23.5 Å². The van der Waals surface area contributed by atoms with Gasteiger partial charge in [0.15, 0.2) is 0 Å². The van der Waals surface area contributed by atoms with Crippen LogP contribution in [0.25, 0.3) is 10.9 Å². The van der Waals surface area contributed by atoms with Gasteiger partial charge in [-0.25, -0.2) is 0 Å². The lowest BCUT2D eigenvalue weighted by Gasteiger charge is -2.31. The van der Waals surface area contributed by atoms with E-state index in [4.69, 9.17) is 27.7 Å². The van der Waals surface area contributed by atoms with Crippen molar-refractivity contribution in [3.05, 3.63) is 65.4 Å². The van der Waals surface area contributed by atoms with E-state index in [0.717, 1.165) is 11.8 Å². The van der Waals surface area contributed by atoms with E-state index >= 15 is 4.79 Å². The summed E-state index contributed by atoms with van der Waals surface area (Å²) in [5.41, 5.74) is 25.1. The number of nitrogens with one attached hydrogen (secondary N) is 12. The minimum atomic E-state index is -1.98. The molecule has 11 atom stereocenters. The number of para-hydroxylation sites is 1. The van der Waals surface area contributed by atoms with Gasteiger partial charge in [-0.1, -0.05) is 77.1 Å². The number of benzene rings is 2. The number of primary amides is 2. The Morgan fingerprint density at radius 1 is 0.620 bits per heavy atom. The number of hydrogen-bond acceptors (Lipinski definition) is 20. The SMILES string of the molecule is CCCC[C@@H]1NC(=O)[C@@H]2CCCN2C(=O)[C@@H]2CSCc3cc(cc(c3)OCCCCCCC(=O)NCC(=O)N[C@@H](CCC[NH+]=C(N)N)C(=O)N2)CSC[C@@H](C(N)=O)NC(=O)[C@H](CCC(=O)[O-])NC(=O)[C@H](CCC(N)=O)NC(=O)[C@H](Cc2c[nH]c3ccccc23)NC(=O)[C@H]([C@@H](C)CC)NC(=O)[C@H](CC(=O)[O-])NC1=O. The second-order valence-corrected chi connectivity index (χ2v) is 29.1. The molecule has 0 saturated carbocycles. The predicted octanol–water partition coefficient (Wildman–Crippen LogP) is -5.50. The molecule has 3 aromatic rings. The van der Waals surface area contributed by atoms with E-state index in [0.29, 0.717) is 71.9 Å². The summed E-state index contributed by atoms with van der Waals surface area (Å²) in [6.45, 7) is 4.95. The van der Waals surface area contributed by atoms with Gasteiger partial charge >= 0.3 is 5.96 Å². The standard InChI is InChI=1S/C71H103N17O18S2/c1-4-6-16-47-63(98)83-51(32-59(94)95)67(102)87-60(39(3)5-2)69(104)84-50(31-42-33-77-45-17-11-10-15-44(42)45)66(101)81-48(21-23-55(72)89)64(99)80-49(22-24-58(92)93)65(100)85-52(61(73)96)37-107-35-40-28-41-30-43(29-40)106-27-12-8-7-9-20-56(90)78-34-57(91)79-46(18-13-25-76-71(74)75)62(97)86-53(38-108-36-41)70(105)88-26-14-19-54(88)68(103)82-47/h10-11,15,17,28-30,33,39,46-54,60,77H,4-9,12-14,16,18-27,31-32,34-38H2,1-3H3,(H2,72,89)(H2,73,96)(H,78,90)(H,79,91)(H,80,99)(H,81,101)(H,82,103)(H,83,98)(H,84,104)(H,85,100)(H,86,97)(H,87,102)(H,92,93)(H,94,95)(H4,74,75,76)/p-1/t39-,46-,47-,48-,49-,50-,51-,52-,53-,54-,60-/m0/s1. The van der Waals surface area contributed by atoms with Crippen LogP contribution in [0.5, 0.6) is 5.75 Å². The lowest BCUT2D eigenvalue weighted by atomic mass is 9.96. The number of carbonyl (C=O) groups excluding carboxylic acids is 15. The zero-order chi connectivity index (χ0) is 79.0. The number of aliphatic carboxylic acids is 2. The highest BCUT2D eigenvalue weighted by Gasteiger charge is 2.41. The van der Waals surface area contributed by atoms with E-state index in [9.17, 15) is 77.3 Å². The molecule has 1 saturated heterocycles. The van der Waals surface area contributed by atoms with Crippen molar-refractivity contribution in [1.29, 1.82) is 0 Å². The molecule has 3 aliphatic heterocycles. The molecule has 3 aliphatic rings. The van der Waals surface area contributed by atoms with Gasteiger partial charge in [0.1, 0.15) is 66.2 Å². The van der Waals surface area contributed by atoms with Crippen LogP contribution in [0.2, 0.25) is 0 Å². The highest BCUT2D eigenvalue weighted by molar-refractivity contribution is 7.98. The number of rotatable bonds is 20. The van der Waals surface area contributed by atoms with Gasteiger partial charge in [-0.05, 0) is 105 Å². The minimum absolute atomic E-state index is 0.00663. The Balaban J connectivity index is 1.45. The largest absolute Gasteiger partial charge is 0.550 e. The number of nitrogens with zero attached hydrogens (tertiary/aromatic N) is 1. The van der Waals surface area contributed by atoms with Crippen LogP contribution in [0.3, 0.4) is 0 Å². The Labute approximate surface area is 633 Å². The molecule has 0 radical (unpaired) electrons. The number of aromatic amines is 1. The topological polar surface area (TPSA) is 569 Å². The molecule has 20 N–H and O–H groups in total. The number of guanidine groups is 1. The lowest BCUT2D eigenvalue weighted by molar-refractivity contribution is -0.459. The Morgan fingerprint density at radius 2 is 1.21 bits per heavy atom. The Bertz CT molecular complexity index is 3730. The fourth-order valence-electron chi connectivity index (χ4n) is 12.4. The van der Waals surface area contributed by atoms with Crippen LogP contribution < -0.4 is 96.0 Å². The van der Waals surface area contributed by atoms with Crippen molar-refractivity contribution >= 4 is 129 Å². The summed E-state index contributed by atoms with van der Waals surface area (Å²) in [5.74, 6) is -15.9. The van der Waals surface area contributed by atoms with Crippen LogP contribution in [-0.2, 0) is 89.8 Å². The Morgan fingerprint density at radius 3 is 1.87 bits per heavy atom. The number of fused-ring (bicyclic) bond motifs is 7. The van der Waals surface area contributed by atoms with Crippen molar-refractivity contribution in [3.63, 3.8) is 0 Å². The van der Waals surface area contributed by atoms with Crippen LogP contribution in [0.15, 0.2) is 48.7 Å².